The van der Waals surface area contributed by atoms with Gasteiger partial charge in [0.05, 0.1) is 13.7 Å². The molecule has 0 spiro atoms. The van der Waals surface area contributed by atoms with Gasteiger partial charge in [0.2, 0.25) is 23.2 Å². The number of nitrogen functional groups attached to an aromatic ring is 1. The summed E-state index contributed by atoms with van der Waals surface area (Å²) >= 11 is 0. The molecule has 12 nitrogen and oxygen atoms in total. The summed E-state index contributed by atoms with van der Waals surface area (Å²) in [6, 6.07) is 0. The van der Waals surface area contributed by atoms with Crippen molar-refractivity contribution in [3.63, 3.8) is 0 Å². The summed E-state index contributed by atoms with van der Waals surface area (Å²) in [5.74, 6) is -1.47. The van der Waals surface area contributed by atoms with E-state index in [0.29, 0.717) is 0 Å². The van der Waals surface area contributed by atoms with Crippen molar-refractivity contribution in [2.24, 2.45) is 0 Å². The molecule has 3 heterocycles. The van der Waals surface area contributed by atoms with Crippen LogP contribution in [0.4, 0.5) is 5.95 Å². The van der Waals surface area contributed by atoms with Crippen molar-refractivity contribution < 1.29 is 34.0 Å². The lowest BCUT2D eigenvalue weighted by Gasteiger charge is -2.42. The summed E-state index contributed by atoms with van der Waals surface area (Å²) in [6.45, 7) is -0.154. The number of ether oxygens (including phenoxy) is 3. The Kier molecular flexibility index (Phi) is 4.12. The Labute approximate surface area is 158 Å². The second-order valence-electron chi connectivity index (χ2n) is 6.69. The number of aliphatic hydroxyl groups is 2. The fraction of sp³-hybridized carbons (Fsp3) is 0.562. The Bertz CT molecular complexity index is 978. The lowest BCUT2D eigenvalue weighted by atomic mass is 9.72. The number of methoxy groups -OCH3 is 2. The zero-order chi connectivity index (χ0) is 20.3. The molecule has 2 fully saturated rings. The Morgan fingerprint density at radius 3 is 2.71 bits per heavy atom. The van der Waals surface area contributed by atoms with E-state index >= 15 is 0 Å². The number of aromatic nitrogens is 4. The van der Waals surface area contributed by atoms with Crippen LogP contribution in [0.1, 0.15) is 12.8 Å². The molecular weight excluding hydrogens is 374 g/mol. The number of ketones is 2. The Balaban J connectivity index is 2.02. The molecule has 2 aromatic heterocycles. The van der Waals surface area contributed by atoms with E-state index in [2.05, 4.69) is 15.0 Å². The van der Waals surface area contributed by atoms with Crippen LogP contribution >= 0.6 is 0 Å². The minimum Gasteiger partial charge on any atom is -0.479 e. The van der Waals surface area contributed by atoms with Crippen molar-refractivity contribution in [1.82, 2.24) is 19.5 Å². The van der Waals surface area contributed by atoms with Crippen molar-refractivity contribution in [3.05, 3.63) is 6.33 Å². The maximum atomic E-state index is 13.1. The van der Waals surface area contributed by atoms with Crippen molar-refractivity contribution in [1.29, 1.82) is 0 Å². The zero-order valence-electron chi connectivity index (χ0n) is 15.2. The average molecular weight is 393 g/mol. The number of hydrogen-bond acceptors (Lipinski definition) is 11. The Morgan fingerprint density at radius 2 is 2.04 bits per heavy atom. The van der Waals surface area contributed by atoms with Gasteiger partial charge >= 0.3 is 0 Å². The van der Waals surface area contributed by atoms with E-state index in [-0.39, 0.29) is 42.4 Å². The Hall–Kier alpha value is -2.67. The van der Waals surface area contributed by atoms with Gasteiger partial charge in [-0.15, -0.1) is 0 Å². The average Bonchev–Trinajstić information content (AvgIpc) is 3.19. The van der Waals surface area contributed by atoms with Crippen LogP contribution in [0.2, 0.25) is 0 Å². The number of imidazole rings is 1. The van der Waals surface area contributed by atoms with E-state index in [1.54, 1.807) is 0 Å². The fourth-order valence-electron chi connectivity index (χ4n) is 3.99. The maximum Gasteiger partial charge on any atom is 0.247 e. The molecule has 1 saturated carbocycles. The molecule has 4 atom stereocenters. The van der Waals surface area contributed by atoms with Crippen LogP contribution in [0.25, 0.3) is 11.2 Å². The van der Waals surface area contributed by atoms with Gasteiger partial charge in [0.25, 0.3) is 0 Å². The van der Waals surface area contributed by atoms with Crippen LogP contribution in [0, 0.1) is 0 Å². The fourth-order valence-corrected chi connectivity index (χ4v) is 3.99. The van der Waals surface area contributed by atoms with E-state index in [0.717, 1.165) is 4.57 Å². The number of anilines is 1. The molecule has 1 saturated heterocycles. The quantitative estimate of drug-likeness (QED) is 0.532. The van der Waals surface area contributed by atoms with Gasteiger partial charge in [-0.3, -0.25) is 14.2 Å². The van der Waals surface area contributed by atoms with Gasteiger partial charge in [0.1, 0.15) is 18.5 Å². The molecule has 2 aliphatic rings. The SMILES string of the molecule is COC[C@H]1O[C@]2(n3cnc4c(OC)nc(N)nc43)C(=O)CCC(=O)[C@]2(O)[C@@H]1O. The lowest BCUT2D eigenvalue weighted by Crippen LogP contribution is -2.68. The Morgan fingerprint density at radius 1 is 1.32 bits per heavy atom. The number of nitrogens with zero attached hydrogens (tertiary/aromatic N) is 4. The van der Waals surface area contributed by atoms with E-state index in [1.165, 1.54) is 20.5 Å². The highest BCUT2D eigenvalue weighted by atomic mass is 16.6. The molecule has 1 aliphatic heterocycles. The summed E-state index contributed by atoms with van der Waals surface area (Å²) < 4.78 is 17.1. The molecule has 0 aromatic carbocycles. The van der Waals surface area contributed by atoms with E-state index < -0.39 is 35.1 Å². The van der Waals surface area contributed by atoms with Gasteiger partial charge in [0.15, 0.2) is 22.7 Å². The van der Waals surface area contributed by atoms with Gasteiger partial charge in [0, 0.05) is 20.0 Å². The second-order valence-corrected chi connectivity index (χ2v) is 6.69. The summed E-state index contributed by atoms with van der Waals surface area (Å²) in [6.07, 6.45) is -2.10. The number of fused-ring (bicyclic) bond motifs is 2. The normalized spacial score (nSPS) is 32.7. The van der Waals surface area contributed by atoms with Crippen LogP contribution in [0.5, 0.6) is 5.88 Å². The molecule has 1 aliphatic carbocycles. The van der Waals surface area contributed by atoms with Crippen molar-refractivity contribution >= 4 is 28.7 Å². The van der Waals surface area contributed by atoms with Crippen molar-refractivity contribution in [2.75, 3.05) is 26.6 Å². The number of Topliss-reactive ketones (excluding diaryl/α,β-unsaturated/α-hetero) is 2. The van der Waals surface area contributed by atoms with E-state index in [1.807, 2.05) is 0 Å². The summed E-state index contributed by atoms with van der Waals surface area (Å²) in [4.78, 5) is 37.9. The van der Waals surface area contributed by atoms with Crippen LogP contribution in [-0.4, -0.2) is 79.9 Å². The third kappa shape index (κ3) is 2.11. The van der Waals surface area contributed by atoms with E-state index in [9.17, 15) is 19.8 Å². The summed E-state index contributed by atoms with van der Waals surface area (Å²) in [7, 11) is 2.72. The smallest absolute Gasteiger partial charge is 0.247 e. The lowest BCUT2D eigenvalue weighted by molar-refractivity contribution is -0.207. The topological polar surface area (TPSA) is 172 Å². The predicted molar refractivity (Wildman–Crippen MR) is 91.2 cm³/mol. The first-order valence-corrected chi connectivity index (χ1v) is 8.50. The van der Waals surface area contributed by atoms with Crippen molar-refractivity contribution in [3.8, 4) is 5.88 Å². The summed E-state index contributed by atoms with van der Waals surface area (Å²) in [5, 5.41) is 22.0. The van der Waals surface area contributed by atoms with E-state index in [4.69, 9.17) is 19.9 Å². The van der Waals surface area contributed by atoms with Gasteiger partial charge in [-0.25, -0.2) is 4.98 Å². The molecule has 12 heteroatoms. The van der Waals surface area contributed by atoms with Gasteiger partial charge in [-0.1, -0.05) is 0 Å². The number of nitrogens with two attached hydrogens (primary N) is 1. The highest BCUT2D eigenvalue weighted by Crippen LogP contribution is 2.50. The monoisotopic (exact) mass is 393 g/mol. The number of carbonyl (C=O) groups is 2. The third-order valence-electron chi connectivity index (χ3n) is 5.25. The number of aliphatic hydroxyl groups excluding tert-OH is 1. The largest absolute Gasteiger partial charge is 0.479 e. The van der Waals surface area contributed by atoms with Crippen molar-refractivity contribution in [2.45, 2.75) is 36.4 Å². The van der Waals surface area contributed by atoms with Gasteiger partial charge in [-0.2, -0.15) is 9.97 Å². The molecule has 0 amide bonds. The third-order valence-corrected chi connectivity index (χ3v) is 5.25. The minimum atomic E-state index is -2.55. The number of rotatable bonds is 4. The van der Waals surface area contributed by atoms with Crippen LogP contribution < -0.4 is 10.5 Å². The molecule has 0 bridgehead atoms. The highest BCUT2D eigenvalue weighted by molar-refractivity contribution is 6.05. The molecule has 0 radical (unpaired) electrons. The van der Waals surface area contributed by atoms with Crippen LogP contribution in [0.3, 0.4) is 0 Å². The summed E-state index contributed by atoms with van der Waals surface area (Å²) in [5.41, 5.74) is 1.06. The molecule has 2 aromatic rings. The molecule has 4 rings (SSSR count). The van der Waals surface area contributed by atoms with Gasteiger partial charge < -0.3 is 30.2 Å². The zero-order valence-corrected chi connectivity index (χ0v) is 15.2. The molecular formula is C16H19N5O7. The minimum absolute atomic E-state index is 0.0103. The highest BCUT2D eigenvalue weighted by Gasteiger charge is 2.75. The first kappa shape index (κ1) is 18.7. The number of carbonyl (C=O) groups excluding carboxylic acids is 2. The van der Waals surface area contributed by atoms with Crippen LogP contribution in [-0.2, 0) is 24.8 Å². The molecule has 28 heavy (non-hydrogen) atoms. The maximum absolute atomic E-state index is 13.1. The molecule has 150 valence electrons. The second kappa shape index (κ2) is 6.17. The van der Waals surface area contributed by atoms with Crippen LogP contribution in [0.15, 0.2) is 6.33 Å². The first-order chi connectivity index (χ1) is 13.3. The number of hydrogen-bond donors (Lipinski definition) is 3. The molecule has 4 N–H and O–H groups in total. The van der Waals surface area contributed by atoms with Gasteiger partial charge in [-0.05, 0) is 0 Å². The molecule has 0 unspecified atom stereocenters. The standard InChI is InChI=1S/C16H19N5O7/c1-26-5-7-11(24)15(25)8(22)3-4-9(23)16(15,28-7)21-6-18-10-12(21)19-14(17)20-13(10)27-2/h6-7,11,24-25H,3-5H2,1-2H3,(H2,17,19,20)/t7-,11-,15+,16-/m1/s1. The first-order valence-electron chi connectivity index (χ1n) is 8.50. The predicted octanol–water partition coefficient (Wildman–Crippen LogP) is -1.86.